The molecule has 2 aromatic carbocycles. The van der Waals surface area contributed by atoms with Crippen molar-refractivity contribution in [1.29, 1.82) is 0 Å². The van der Waals surface area contributed by atoms with Crippen LogP contribution in [0.3, 0.4) is 0 Å². The van der Waals surface area contributed by atoms with Gasteiger partial charge in [0.05, 0.1) is 28.8 Å². The molecule has 0 saturated heterocycles. The van der Waals surface area contributed by atoms with E-state index in [1.807, 2.05) is 42.2 Å². The lowest BCUT2D eigenvalue weighted by Gasteiger charge is -2.06. The normalized spacial score (nSPS) is 13.4. The number of aromatic nitrogens is 5. The summed E-state index contributed by atoms with van der Waals surface area (Å²) < 4.78 is 2.05. The van der Waals surface area contributed by atoms with Crippen molar-refractivity contribution in [3.8, 4) is 17.1 Å². The molecule has 0 aliphatic rings. The third kappa shape index (κ3) is 5.74. The summed E-state index contributed by atoms with van der Waals surface area (Å²) in [6, 6.07) is 18.9. The third-order valence-corrected chi connectivity index (χ3v) is 7.20. The number of imidazole rings is 1. The average Bonchev–Trinajstić information content (AvgIpc) is 3.70. The van der Waals surface area contributed by atoms with Crippen molar-refractivity contribution in [2.45, 2.75) is 33.6 Å². The highest BCUT2D eigenvalue weighted by atomic mass is 15.1. The first kappa shape index (κ1) is 26.7. The minimum atomic E-state index is 0.808. The van der Waals surface area contributed by atoms with Crippen molar-refractivity contribution >= 4 is 23.6 Å². The lowest BCUT2D eigenvalue weighted by atomic mass is 9.99. The predicted octanol–water partition coefficient (Wildman–Crippen LogP) is 6.88. The van der Waals surface area contributed by atoms with E-state index in [2.05, 4.69) is 114 Å². The van der Waals surface area contributed by atoms with Gasteiger partial charge in [0.1, 0.15) is 5.69 Å². The summed E-state index contributed by atoms with van der Waals surface area (Å²) in [4.78, 5) is 7.90. The summed E-state index contributed by atoms with van der Waals surface area (Å²) in [5.41, 5.74) is 9.70. The molecule has 0 atom stereocenters. The van der Waals surface area contributed by atoms with E-state index in [1.54, 1.807) is 0 Å². The number of hydrogen-bond acceptors (Lipinski definition) is 2. The molecule has 200 valence electrons. The van der Waals surface area contributed by atoms with E-state index in [0.29, 0.717) is 0 Å². The van der Waals surface area contributed by atoms with Gasteiger partial charge in [-0.1, -0.05) is 73.9 Å². The Hall–Kier alpha value is -4.90. The molecule has 2 N–H and O–H groups in total. The number of rotatable bonds is 9. The second-order valence-electron chi connectivity index (χ2n) is 9.98. The number of benzene rings is 2. The number of hydrogen-bond donors (Lipinski definition) is 2. The molecule has 0 saturated carbocycles. The maximum absolute atomic E-state index is 4.61. The van der Waals surface area contributed by atoms with Crippen LogP contribution in [0.4, 0.5) is 0 Å². The summed E-state index contributed by atoms with van der Waals surface area (Å²) in [7, 11) is 0. The second kappa shape index (κ2) is 11.9. The molecule has 0 bridgehead atoms. The van der Waals surface area contributed by atoms with Crippen LogP contribution < -0.4 is 10.6 Å². The smallest absolute Gasteiger partial charge is 0.116 e. The zero-order chi connectivity index (χ0) is 28.1. The molecule has 5 nitrogen and oxygen atoms in total. The van der Waals surface area contributed by atoms with Gasteiger partial charge in [-0.3, -0.25) is 5.10 Å². The van der Waals surface area contributed by atoms with E-state index in [9.17, 15) is 0 Å². The van der Waals surface area contributed by atoms with Crippen LogP contribution in [0, 0.1) is 6.92 Å². The molecule has 0 radical (unpaired) electrons. The SMILES string of the molecule is C=C\C(=C/C(=C\C)C(/C)=C/C=c1/[nH]nc(-c2cc3c(-n4cnc(C)c4)cccc3[nH]2)c1=C)CCc1ccccc1. The van der Waals surface area contributed by atoms with E-state index in [1.165, 1.54) is 16.7 Å². The molecule has 0 spiro atoms. The first-order valence-electron chi connectivity index (χ1n) is 13.6. The Balaban J connectivity index is 1.39. The Labute approximate surface area is 235 Å². The lowest BCUT2D eigenvalue weighted by molar-refractivity contribution is 0.964. The van der Waals surface area contributed by atoms with Crippen LogP contribution >= 0.6 is 0 Å². The Kier molecular flexibility index (Phi) is 7.92. The van der Waals surface area contributed by atoms with Crippen molar-refractivity contribution in [3.63, 3.8) is 0 Å². The van der Waals surface area contributed by atoms with Gasteiger partial charge in [0.15, 0.2) is 0 Å². The van der Waals surface area contributed by atoms with E-state index in [0.717, 1.165) is 62.7 Å². The Morgan fingerprint density at radius 2 is 1.93 bits per heavy atom. The first-order chi connectivity index (χ1) is 19.5. The van der Waals surface area contributed by atoms with Crippen molar-refractivity contribution in [2.75, 3.05) is 0 Å². The van der Waals surface area contributed by atoms with Crippen molar-refractivity contribution < 1.29 is 0 Å². The fraction of sp³-hybridized carbons (Fsp3) is 0.143. The molecular formula is C35H35N5. The van der Waals surface area contributed by atoms with Crippen LogP contribution in [0.5, 0.6) is 0 Å². The molecule has 5 aromatic rings. The third-order valence-electron chi connectivity index (χ3n) is 7.20. The molecule has 0 aliphatic carbocycles. The van der Waals surface area contributed by atoms with Crippen LogP contribution in [-0.4, -0.2) is 24.7 Å². The molecule has 40 heavy (non-hydrogen) atoms. The molecule has 3 heterocycles. The molecule has 3 aromatic heterocycles. The van der Waals surface area contributed by atoms with Gasteiger partial charge in [0, 0.05) is 22.3 Å². The number of nitrogens with one attached hydrogen (secondary N) is 2. The zero-order valence-electron chi connectivity index (χ0n) is 23.4. The highest BCUT2D eigenvalue weighted by Gasteiger charge is 2.11. The van der Waals surface area contributed by atoms with Crippen molar-refractivity contribution in [3.05, 3.63) is 137 Å². The summed E-state index contributed by atoms with van der Waals surface area (Å²) in [5.74, 6) is 0. The van der Waals surface area contributed by atoms with Gasteiger partial charge >= 0.3 is 0 Å². The number of allylic oxidation sites excluding steroid dienone is 7. The number of nitrogens with zero attached hydrogens (tertiary/aromatic N) is 3. The minimum absolute atomic E-state index is 0.808. The van der Waals surface area contributed by atoms with Gasteiger partial charge in [0.2, 0.25) is 0 Å². The Morgan fingerprint density at radius 1 is 1.10 bits per heavy atom. The van der Waals surface area contributed by atoms with E-state index < -0.39 is 0 Å². The lowest BCUT2D eigenvalue weighted by Crippen LogP contribution is -2.21. The zero-order valence-corrected chi connectivity index (χ0v) is 23.4. The van der Waals surface area contributed by atoms with Crippen molar-refractivity contribution in [2.24, 2.45) is 0 Å². The summed E-state index contributed by atoms with van der Waals surface area (Å²) in [6.07, 6.45) is 16.3. The molecular weight excluding hydrogens is 490 g/mol. The molecule has 0 fully saturated rings. The van der Waals surface area contributed by atoms with Gasteiger partial charge in [-0.2, -0.15) is 5.10 Å². The molecule has 0 aliphatic heterocycles. The fourth-order valence-electron chi connectivity index (χ4n) is 4.88. The maximum atomic E-state index is 4.61. The van der Waals surface area contributed by atoms with Crippen LogP contribution in [0.15, 0.2) is 115 Å². The highest BCUT2D eigenvalue weighted by molar-refractivity contribution is 5.92. The largest absolute Gasteiger partial charge is 0.353 e. The van der Waals surface area contributed by atoms with E-state index >= 15 is 0 Å². The standard InChI is InChI=1S/C35H35N5/c1-6-27(17-18-28-12-9-8-10-13-28)20-29(7-2)24(3)16-19-31-26(5)35(39-38-31)33-21-30-32(37-33)14-11-15-34(30)40-22-25(4)36-23-40/h6-16,19-23,37-38H,1,5,17-18H2,2-4H3/b24-16+,27-20+,29-7+,31-19+. The average molecular weight is 526 g/mol. The molecule has 0 unspecified atom stereocenters. The van der Waals surface area contributed by atoms with Gasteiger partial charge in [-0.25, -0.2) is 4.98 Å². The number of aromatic amines is 2. The Bertz CT molecular complexity index is 1860. The summed E-state index contributed by atoms with van der Waals surface area (Å²) in [6.45, 7) is 14.6. The predicted molar refractivity (Wildman–Crippen MR) is 168 cm³/mol. The molecule has 5 rings (SSSR count). The van der Waals surface area contributed by atoms with Gasteiger partial charge < -0.3 is 9.55 Å². The van der Waals surface area contributed by atoms with Crippen LogP contribution in [0.2, 0.25) is 0 Å². The fourth-order valence-corrected chi connectivity index (χ4v) is 4.88. The minimum Gasteiger partial charge on any atom is -0.353 e. The Morgan fingerprint density at radius 3 is 2.65 bits per heavy atom. The second-order valence-corrected chi connectivity index (χ2v) is 9.98. The first-order valence-corrected chi connectivity index (χ1v) is 13.6. The summed E-state index contributed by atoms with van der Waals surface area (Å²) >= 11 is 0. The number of aryl methyl sites for hydroxylation is 2. The quantitative estimate of drug-likeness (QED) is 0.206. The van der Waals surface area contributed by atoms with Crippen LogP contribution in [-0.2, 0) is 6.42 Å². The van der Waals surface area contributed by atoms with Crippen molar-refractivity contribution in [1.82, 2.24) is 24.7 Å². The number of H-pyrrole nitrogens is 2. The number of fused-ring (bicyclic) bond motifs is 1. The maximum Gasteiger partial charge on any atom is 0.116 e. The highest BCUT2D eigenvalue weighted by Crippen LogP contribution is 2.26. The van der Waals surface area contributed by atoms with Crippen LogP contribution in [0.25, 0.3) is 40.6 Å². The topological polar surface area (TPSA) is 62.3 Å². The molecule has 5 heteroatoms. The van der Waals surface area contributed by atoms with Crippen LogP contribution in [0.1, 0.15) is 31.5 Å². The van der Waals surface area contributed by atoms with Gasteiger partial charge in [0.25, 0.3) is 0 Å². The van der Waals surface area contributed by atoms with E-state index in [4.69, 9.17) is 0 Å². The van der Waals surface area contributed by atoms with Gasteiger partial charge in [-0.15, -0.1) is 0 Å². The van der Waals surface area contributed by atoms with Gasteiger partial charge in [-0.05, 0) is 80.2 Å². The van der Waals surface area contributed by atoms with E-state index in [-0.39, 0.29) is 0 Å². The molecule has 0 amide bonds. The monoisotopic (exact) mass is 525 g/mol. The summed E-state index contributed by atoms with van der Waals surface area (Å²) in [5, 5.41) is 10.6.